The molecule has 3 aliphatic rings. The van der Waals surface area contributed by atoms with Gasteiger partial charge in [-0.2, -0.15) is 0 Å². The van der Waals surface area contributed by atoms with Gasteiger partial charge >= 0.3 is 12.2 Å². The molecule has 0 radical (unpaired) electrons. The molecule has 4 aromatic rings. The van der Waals surface area contributed by atoms with Crippen molar-refractivity contribution in [3.05, 3.63) is 60.4 Å². The van der Waals surface area contributed by atoms with Crippen LogP contribution in [0.25, 0.3) is 22.5 Å². The molecule has 0 spiro atoms. The van der Waals surface area contributed by atoms with Gasteiger partial charge < -0.3 is 45.2 Å². The number of methoxy groups -OCH3 is 2. The number of alkyl carbamates (subject to hydrolysis) is 2. The van der Waals surface area contributed by atoms with Crippen molar-refractivity contribution in [2.24, 2.45) is 11.8 Å². The monoisotopic (exact) mass is 783 g/mol. The lowest BCUT2D eigenvalue weighted by molar-refractivity contribution is -0.136. The molecule has 2 aromatic heterocycles. The fourth-order valence-corrected chi connectivity index (χ4v) is 8.72. The molecule has 296 valence electrons. The first kappa shape index (κ1) is 38.8. The average molecular weight is 784 g/mol. The Morgan fingerprint density at radius 3 is 1.71 bits per heavy atom. The van der Waals surface area contributed by atoms with E-state index in [0.717, 1.165) is 75.2 Å². The number of rotatable bonds is 10. The number of benzene rings is 2. The van der Waals surface area contributed by atoms with E-state index >= 15 is 0 Å². The molecule has 4 amide bonds. The lowest BCUT2D eigenvalue weighted by atomic mass is 10.0. The first-order valence-electron chi connectivity index (χ1n) is 19.1. The molecule has 3 aliphatic heterocycles. The number of aromatic nitrogens is 4. The molecule has 2 fully saturated rings. The number of anilines is 2. The van der Waals surface area contributed by atoms with E-state index in [1.165, 1.54) is 14.2 Å². The van der Waals surface area contributed by atoms with E-state index in [1.54, 1.807) is 11.8 Å². The topological polar surface area (TPSA) is 187 Å². The van der Waals surface area contributed by atoms with Gasteiger partial charge in [0, 0.05) is 34.0 Å². The minimum atomic E-state index is -0.695. The number of amides is 4. The van der Waals surface area contributed by atoms with Crippen LogP contribution in [0.1, 0.15) is 77.1 Å². The van der Waals surface area contributed by atoms with Crippen molar-refractivity contribution < 1.29 is 28.7 Å². The number of aromatic amines is 2. The summed E-state index contributed by atoms with van der Waals surface area (Å²) >= 11 is 1.68. The maximum atomic E-state index is 13.6. The average Bonchev–Trinajstić information content (AvgIpc) is 4.03. The second-order valence-electron chi connectivity index (χ2n) is 15.1. The van der Waals surface area contributed by atoms with Crippen molar-refractivity contribution in [1.29, 1.82) is 0 Å². The number of hydrogen-bond acceptors (Lipinski definition) is 10. The molecule has 7 rings (SSSR count). The number of ether oxygens (including phenoxy) is 2. The molecule has 0 aliphatic carbocycles. The molecule has 0 saturated carbocycles. The van der Waals surface area contributed by atoms with Gasteiger partial charge in [-0.1, -0.05) is 51.6 Å². The quantitative estimate of drug-likeness (QED) is 0.101. The fourth-order valence-electron chi connectivity index (χ4n) is 7.72. The van der Waals surface area contributed by atoms with Gasteiger partial charge in [0.05, 0.1) is 61.5 Å². The van der Waals surface area contributed by atoms with Crippen LogP contribution in [-0.4, -0.2) is 93.1 Å². The van der Waals surface area contributed by atoms with E-state index in [-0.39, 0.29) is 35.7 Å². The van der Waals surface area contributed by atoms with E-state index in [1.807, 2.05) is 56.0 Å². The van der Waals surface area contributed by atoms with Gasteiger partial charge in [-0.05, 0) is 61.8 Å². The standard InChI is InChI=1S/C40H49N9O6S/c1-21(2)33(46-39(52)54-5)37(50)48-15-7-9-29(48)35-41-19-27(44-35)23-12-14-31-26(17-23)43-25-13-11-24(18-32(25)56-31)28-20-42-36(45-28)30-10-8-16-49(30)38(51)34(22(3)4)47-40(53)55-6/h11-14,17-22,29-30,33-34,43H,7-10,15-16H2,1-6H3,(H,41,44)(H,42,45)(H,46,52)(H,47,53)/t29-,30-,33?,34-/m0/s1. The Balaban J connectivity index is 1.03. The Kier molecular flexibility index (Phi) is 11.3. The molecule has 4 atom stereocenters. The first-order valence-corrected chi connectivity index (χ1v) is 19.9. The number of carbonyl (C=O) groups excluding carboxylic acids is 4. The zero-order chi connectivity index (χ0) is 39.7. The SMILES string of the molecule is COC(=O)NC(C(=O)N1CCC[C@H]1c1ncc(-c2ccc3c(c2)Nc2ccc(-c4cnc([C@@H]5CCCN5C(=O)[C@@H](NC(=O)OC)C(C)C)[nH]4)cc2S3)[nH]1)C(C)C. The summed E-state index contributed by atoms with van der Waals surface area (Å²) in [4.78, 5) is 73.3. The van der Waals surface area contributed by atoms with Crippen LogP contribution in [0, 0.1) is 11.8 Å². The summed E-state index contributed by atoms with van der Waals surface area (Å²) in [5.41, 5.74) is 5.61. The highest BCUT2D eigenvalue weighted by molar-refractivity contribution is 7.99. The van der Waals surface area contributed by atoms with Crippen molar-refractivity contribution >= 4 is 47.1 Å². The Morgan fingerprint density at radius 2 is 1.21 bits per heavy atom. The number of carbonyl (C=O) groups is 4. The molecule has 1 unspecified atom stereocenters. The molecular formula is C40H49N9O6S. The van der Waals surface area contributed by atoms with Gasteiger partial charge in [-0.25, -0.2) is 19.6 Å². The number of nitrogens with one attached hydrogen (secondary N) is 5. The fraction of sp³-hybridized carbons (Fsp3) is 0.450. The highest BCUT2D eigenvalue weighted by Gasteiger charge is 2.39. The van der Waals surface area contributed by atoms with Crippen LogP contribution >= 0.6 is 11.8 Å². The third-order valence-electron chi connectivity index (χ3n) is 10.7. The minimum absolute atomic E-state index is 0.110. The van der Waals surface area contributed by atoms with Gasteiger partial charge in [-0.15, -0.1) is 0 Å². The Hall–Kier alpha value is -5.51. The molecule has 2 saturated heterocycles. The van der Waals surface area contributed by atoms with Crippen LogP contribution in [0.2, 0.25) is 0 Å². The van der Waals surface area contributed by atoms with Crippen LogP contribution in [0.4, 0.5) is 21.0 Å². The highest BCUT2D eigenvalue weighted by Crippen LogP contribution is 2.47. The van der Waals surface area contributed by atoms with Gasteiger partial charge in [0.1, 0.15) is 23.7 Å². The summed E-state index contributed by atoms with van der Waals surface area (Å²) in [6, 6.07) is 10.7. The van der Waals surface area contributed by atoms with Gasteiger partial charge in [-0.3, -0.25) is 9.59 Å². The first-order chi connectivity index (χ1) is 26.9. The Bertz CT molecular complexity index is 1970. The van der Waals surface area contributed by atoms with Crippen molar-refractivity contribution in [1.82, 2.24) is 40.4 Å². The van der Waals surface area contributed by atoms with Crippen LogP contribution in [-0.2, 0) is 19.1 Å². The van der Waals surface area contributed by atoms with Crippen molar-refractivity contribution in [3.8, 4) is 22.5 Å². The predicted octanol–water partition coefficient (Wildman–Crippen LogP) is 6.76. The van der Waals surface area contributed by atoms with Gasteiger partial charge in [0.25, 0.3) is 0 Å². The van der Waals surface area contributed by atoms with E-state index in [0.29, 0.717) is 18.9 Å². The van der Waals surface area contributed by atoms with Crippen LogP contribution < -0.4 is 16.0 Å². The summed E-state index contributed by atoms with van der Waals surface area (Å²) in [6.45, 7) is 8.78. The maximum absolute atomic E-state index is 13.6. The maximum Gasteiger partial charge on any atom is 0.407 e. The Labute approximate surface area is 330 Å². The van der Waals surface area contributed by atoms with E-state index in [9.17, 15) is 19.2 Å². The van der Waals surface area contributed by atoms with Crippen LogP contribution in [0.15, 0.2) is 58.6 Å². The lowest BCUT2D eigenvalue weighted by Gasteiger charge is -2.30. The largest absolute Gasteiger partial charge is 0.453 e. The van der Waals surface area contributed by atoms with Gasteiger partial charge in [0.2, 0.25) is 11.8 Å². The highest BCUT2D eigenvalue weighted by atomic mass is 32.2. The second kappa shape index (κ2) is 16.3. The van der Waals surface area contributed by atoms with Crippen molar-refractivity contribution in [3.63, 3.8) is 0 Å². The lowest BCUT2D eigenvalue weighted by Crippen LogP contribution is -2.51. The normalized spacial score (nSPS) is 18.6. The molecule has 5 N–H and O–H groups in total. The second-order valence-corrected chi connectivity index (χ2v) is 16.2. The van der Waals surface area contributed by atoms with Crippen molar-refractivity contribution in [2.45, 2.75) is 87.3 Å². The molecule has 5 heterocycles. The number of hydrogen-bond donors (Lipinski definition) is 5. The molecule has 15 nitrogen and oxygen atoms in total. The number of likely N-dealkylation sites (tertiary alicyclic amines) is 2. The predicted molar refractivity (Wildman–Crippen MR) is 211 cm³/mol. The Morgan fingerprint density at radius 1 is 0.714 bits per heavy atom. The zero-order valence-corrected chi connectivity index (χ0v) is 33.3. The summed E-state index contributed by atoms with van der Waals surface area (Å²) < 4.78 is 9.53. The number of fused-ring (bicyclic) bond motifs is 2. The summed E-state index contributed by atoms with van der Waals surface area (Å²) in [6.07, 6.45) is 5.60. The van der Waals surface area contributed by atoms with Gasteiger partial charge in [0.15, 0.2) is 0 Å². The molecule has 56 heavy (non-hydrogen) atoms. The van der Waals surface area contributed by atoms with E-state index in [4.69, 9.17) is 19.4 Å². The smallest absolute Gasteiger partial charge is 0.407 e. The summed E-state index contributed by atoms with van der Waals surface area (Å²) in [5.74, 6) is 0.928. The minimum Gasteiger partial charge on any atom is -0.453 e. The van der Waals surface area contributed by atoms with E-state index in [2.05, 4.69) is 56.3 Å². The van der Waals surface area contributed by atoms with Crippen LogP contribution in [0.5, 0.6) is 0 Å². The zero-order valence-electron chi connectivity index (χ0n) is 32.5. The number of H-pyrrole nitrogens is 2. The molecule has 2 aromatic carbocycles. The number of imidazole rings is 2. The molecular weight excluding hydrogens is 735 g/mol. The number of nitrogens with zero attached hydrogens (tertiary/aromatic N) is 4. The molecule has 16 heteroatoms. The molecule has 0 bridgehead atoms. The summed E-state index contributed by atoms with van der Waals surface area (Å²) in [7, 11) is 2.58. The van der Waals surface area contributed by atoms with Crippen LogP contribution in [0.3, 0.4) is 0 Å². The van der Waals surface area contributed by atoms with Crippen molar-refractivity contribution in [2.75, 3.05) is 32.6 Å². The third kappa shape index (κ3) is 7.79. The third-order valence-corrected chi connectivity index (χ3v) is 11.9. The van der Waals surface area contributed by atoms with E-state index < -0.39 is 24.3 Å². The summed E-state index contributed by atoms with van der Waals surface area (Å²) in [5, 5.41) is 9.00.